The quantitative estimate of drug-likeness (QED) is 0.259. The third kappa shape index (κ3) is 8.68. The van der Waals surface area contributed by atoms with E-state index in [9.17, 15) is 10.2 Å². The van der Waals surface area contributed by atoms with E-state index in [-0.39, 0.29) is 36.6 Å². The number of methoxy groups -OCH3 is 2. The molecule has 0 saturated heterocycles. The summed E-state index contributed by atoms with van der Waals surface area (Å²) < 4.78 is 10.6. The van der Waals surface area contributed by atoms with Crippen molar-refractivity contribution >= 4 is 0 Å². The van der Waals surface area contributed by atoms with Gasteiger partial charge in [-0.2, -0.15) is 0 Å². The van der Waals surface area contributed by atoms with Gasteiger partial charge in [0.2, 0.25) is 0 Å². The number of aromatic hydroxyl groups is 1. The second-order valence-corrected chi connectivity index (χ2v) is 6.74. The molecule has 0 aromatic heterocycles. The molecular formula is C21H32Cl2N2O4. The zero-order valence-corrected chi connectivity index (χ0v) is 18.7. The molecule has 164 valence electrons. The smallest absolute Gasteiger partial charge is 0.161 e. The fourth-order valence-electron chi connectivity index (χ4n) is 3.02. The molecule has 0 heterocycles. The summed E-state index contributed by atoms with van der Waals surface area (Å²) in [4.78, 5) is 0. The number of benzene rings is 2. The number of halogens is 2. The molecule has 0 aliphatic heterocycles. The van der Waals surface area contributed by atoms with Crippen LogP contribution in [0.2, 0.25) is 0 Å². The molecule has 2 atom stereocenters. The molecule has 0 amide bonds. The average Bonchev–Trinajstić information content (AvgIpc) is 2.70. The highest BCUT2D eigenvalue weighted by molar-refractivity contribution is 5.42. The van der Waals surface area contributed by atoms with Gasteiger partial charge in [-0.15, -0.1) is 0 Å². The minimum Gasteiger partial charge on any atom is -1.00 e. The number of quaternary nitrogens is 2. The number of hydrogen-bond donors (Lipinski definition) is 4. The minimum absolute atomic E-state index is 0. The molecule has 0 saturated carbocycles. The molecule has 2 rings (SSSR count). The van der Waals surface area contributed by atoms with E-state index >= 15 is 0 Å². The van der Waals surface area contributed by atoms with Crippen molar-refractivity contribution in [2.45, 2.75) is 32.0 Å². The maximum absolute atomic E-state index is 10.4. The second kappa shape index (κ2) is 14.3. The van der Waals surface area contributed by atoms with Gasteiger partial charge in [-0.25, -0.2) is 0 Å². The number of phenols is 1. The number of phenolic OH excluding ortho intramolecular Hbond substituents is 1. The summed E-state index contributed by atoms with van der Waals surface area (Å²) in [6.07, 6.45) is 0.515. The van der Waals surface area contributed by atoms with Crippen molar-refractivity contribution in [2.24, 2.45) is 0 Å². The first-order valence-electron chi connectivity index (χ1n) is 9.38. The van der Waals surface area contributed by atoms with Gasteiger partial charge in [0.1, 0.15) is 24.4 Å². The summed E-state index contributed by atoms with van der Waals surface area (Å²) in [5.41, 5.74) is 2.03. The van der Waals surface area contributed by atoms with Crippen LogP contribution in [0.1, 0.15) is 30.6 Å². The number of rotatable bonds is 11. The Kier molecular flexibility index (Phi) is 13.5. The Morgan fingerprint density at radius 1 is 0.931 bits per heavy atom. The van der Waals surface area contributed by atoms with Gasteiger partial charge in [0, 0.05) is 12.0 Å². The molecule has 0 radical (unpaired) electrons. The predicted molar refractivity (Wildman–Crippen MR) is 104 cm³/mol. The number of nitrogens with two attached hydrogens (primary N) is 2. The second-order valence-electron chi connectivity index (χ2n) is 6.74. The highest BCUT2D eigenvalue weighted by Crippen LogP contribution is 2.27. The van der Waals surface area contributed by atoms with Crippen LogP contribution in [0.25, 0.3) is 0 Å². The van der Waals surface area contributed by atoms with E-state index in [0.717, 1.165) is 43.1 Å². The van der Waals surface area contributed by atoms with Gasteiger partial charge in [0.05, 0.1) is 27.3 Å². The van der Waals surface area contributed by atoms with Crippen molar-refractivity contribution < 1.29 is 55.1 Å². The molecule has 0 fully saturated rings. The fraction of sp³-hybridized carbons (Fsp3) is 0.429. The lowest BCUT2D eigenvalue weighted by atomic mass is 10.0. The van der Waals surface area contributed by atoms with E-state index in [4.69, 9.17) is 9.47 Å². The molecule has 0 spiro atoms. The van der Waals surface area contributed by atoms with Crippen LogP contribution in [0.15, 0.2) is 42.5 Å². The van der Waals surface area contributed by atoms with Crippen molar-refractivity contribution in [1.29, 1.82) is 0 Å². The van der Waals surface area contributed by atoms with Crippen LogP contribution in [0.4, 0.5) is 0 Å². The van der Waals surface area contributed by atoms with Crippen LogP contribution in [0.5, 0.6) is 17.2 Å². The Bertz CT molecular complexity index is 702. The standard InChI is InChI=1S/C21H30N2O4.2ClH/c1-15(21(25)17-6-8-18(24)9-7-17)23-12-4-11-22-14-16-5-10-19(26-2)20(13-16)27-3;;/h5-10,13,15,21-25H,4,11-12,14H2,1-3H3;2*1H. The third-order valence-electron chi connectivity index (χ3n) is 4.71. The first-order valence-corrected chi connectivity index (χ1v) is 9.38. The first kappa shape index (κ1) is 27.3. The van der Waals surface area contributed by atoms with Gasteiger partial charge < -0.3 is 55.1 Å². The van der Waals surface area contributed by atoms with E-state index in [1.165, 1.54) is 5.56 Å². The van der Waals surface area contributed by atoms with Gasteiger partial charge in [0.15, 0.2) is 11.5 Å². The maximum Gasteiger partial charge on any atom is 0.161 e. The van der Waals surface area contributed by atoms with Crippen molar-refractivity contribution in [1.82, 2.24) is 0 Å². The Morgan fingerprint density at radius 3 is 2.21 bits per heavy atom. The lowest BCUT2D eigenvalue weighted by molar-refractivity contribution is -0.709. The molecule has 2 aromatic carbocycles. The molecule has 29 heavy (non-hydrogen) atoms. The summed E-state index contributed by atoms with van der Waals surface area (Å²) in [6.45, 7) is 4.89. The zero-order chi connectivity index (χ0) is 19.6. The minimum atomic E-state index is -0.540. The lowest BCUT2D eigenvalue weighted by Crippen LogP contribution is -3.00. The van der Waals surface area contributed by atoms with Crippen LogP contribution in [-0.2, 0) is 6.54 Å². The molecular weight excluding hydrogens is 415 g/mol. The van der Waals surface area contributed by atoms with Gasteiger partial charge >= 0.3 is 0 Å². The largest absolute Gasteiger partial charge is 1.00 e. The summed E-state index contributed by atoms with van der Waals surface area (Å²) in [5.74, 6) is 1.72. The number of ether oxygens (including phenoxy) is 2. The van der Waals surface area contributed by atoms with Crippen LogP contribution >= 0.6 is 0 Å². The monoisotopic (exact) mass is 446 g/mol. The average molecular weight is 447 g/mol. The van der Waals surface area contributed by atoms with E-state index in [0.29, 0.717) is 0 Å². The number of aliphatic hydroxyl groups is 1. The summed E-state index contributed by atoms with van der Waals surface area (Å²) >= 11 is 0. The number of aliphatic hydroxyl groups excluding tert-OH is 1. The third-order valence-corrected chi connectivity index (χ3v) is 4.71. The van der Waals surface area contributed by atoms with Crippen molar-refractivity contribution in [2.75, 3.05) is 27.3 Å². The normalized spacial score (nSPS) is 12.3. The van der Waals surface area contributed by atoms with Gasteiger partial charge in [-0.05, 0) is 42.8 Å². The molecule has 2 aromatic rings. The highest BCUT2D eigenvalue weighted by Gasteiger charge is 2.18. The van der Waals surface area contributed by atoms with Gasteiger partial charge in [0.25, 0.3) is 0 Å². The van der Waals surface area contributed by atoms with E-state index < -0.39 is 6.10 Å². The molecule has 6 nitrogen and oxygen atoms in total. The van der Waals surface area contributed by atoms with E-state index in [2.05, 4.69) is 16.7 Å². The summed E-state index contributed by atoms with van der Waals surface area (Å²) in [5, 5.41) is 24.2. The lowest BCUT2D eigenvalue weighted by Gasteiger charge is -2.17. The fourth-order valence-corrected chi connectivity index (χ4v) is 3.02. The van der Waals surface area contributed by atoms with E-state index in [1.54, 1.807) is 38.5 Å². The van der Waals surface area contributed by atoms with Crippen LogP contribution < -0.4 is 44.9 Å². The Labute approximate surface area is 185 Å². The maximum atomic E-state index is 10.4. The van der Waals surface area contributed by atoms with Crippen molar-refractivity contribution in [3.05, 3.63) is 53.6 Å². The van der Waals surface area contributed by atoms with Crippen LogP contribution in [0, 0.1) is 0 Å². The SMILES string of the molecule is COc1ccc(C[NH2+]CCC[NH2+]C(C)C(O)c2ccc(O)cc2)cc1OC.[Cl-].[Cl-]. The number of hydrogen-bond acceptors (Lipinski definition) is 4. The van der Waals surface area contributed by atoms with Crippen molar-refractivity contribution in [3.63, 3.8) is 0 Å². The Morgan fingerprint density at radius 2 is 1.59 bits per heavy atom. The molecule has 0 aliphatic rings. The topological polar surface area (TPSA) is 92.1 Å². The molecule has 2 unspecified atom stereocenters. The summed E-state index contributed by atoms with van der Waals surface area (Å²) in [7, 11) is 3.29. The first-order chi connectivity index (χ1) is 13.0. The van der Waals surface area contributed by atoms with Crippen LogP contribution in [-0.4, -0.2) is 43.6 Å². The molecule has 8 heteroatoms. The van der Waals surface area contributed by atoms with Crippen LogP contribution in [0.3, 0.4) is 0 Å². The molecule has 0 aliphatic carbocycles. The Hall–Kier alpha value is -1.70. The molecule has 0 bridgehead atoms. The van der Waals surface area contributed by atoms with Crippen molar-refractivity contribution in [3.8, 4) is 17.2 Å². The van der Waals surface area contributed by atoms with Gasteiger partial charge in [-0.1, -0.05) is 12.1 Å². The predicted octanol–water partition coefficient (Wildman–Crippen LogP) is -5.44. The highest BCUT2D eigenvalue weighted by atomic mass is 35.5. The Balaban J connectivity index is 0.00000392. The summed E-state index contributed by atoms with van der Waals surface area (Å²) in [6, 6.07) is 12.8. The van der Waals surface area contributed by atoms with E-state index in [1.807, 2.05) is 19.1 Å². The van der Waals surface area contributed by atoms with Gasteiger partial charge in [-0.3, -0.25) is 0 Å². The zero-order valence-electron chi connectivity index (χ0n) is 17.1. The molecule has 6 N–H and O–H groups in total.